The molecule has 0 radical (unpaired) electrons. The topological polar surface area (TPSA) is 116 Å². The fourth-order valence-corrected chi connectivity index (χ4v) is 4.15. The minimum atomic E-state index is -0.720. The fraction of sp³-hybridized carbons (Fsp3) is 0.125. The lowest BCUT2D eigenvalue weighted by Gasteiger charge is -2.24. The Kier molecular flexibility index (Phi) is 5.14. The number of benzene rings is 2. The number of fused-ring (bicyclic) bond motifs is 2. The van der Waals surface area contributed by atoms with Gasteiger partial charge in [0.15, 0.2) is 12.0 Å². The van der Waals surface area contributed by atoms with Gasteiger partial charge >= 0.3 is 0 Å². The molecule has 2 N–H and O–H groups in total. The highest BCUT2D eigenvalue weighted by Gasteiger charge is 2.43. The summed E-state index contributed by atoms with van der Waals surface area (Å²) in [6.07, 6.45) is 1.52. The van der Waals surface area contributed by atoms with Gasteiger partial charge in [0.05, 0.1) is 29.8 Å². The first-order chi connectivity index (χ1) is 15.9. The molecule has 0 aliphatic carbocycles. The number of rotatable bonds is 6. The van der Waals surface area contributed by atoms with Crippen molar-refractivity contribution in [3.8, 4) is 5.75 Å². The lowest BCUT2D eigenvalue weighted by molar-refractivity contribution is -0.119. The van der Waals surface area contributed by atoms with E-state index >= 15 is 0 Å². The summed E-state index contributed by atoms with van der Waals surface area (Å²) in [6, 6.07) is 14.2. The van der Waals surface area contributed by atoms with E-state index < -0.39 is 17.9 Å². The van der Waals surface area contributed by atoms with E-state index in [9.17, 15) is 14.4 Å². The first kappa shape index (κ1) is 20.8. The predicted octanol–water partition coefficient (Wildman–Crippen LogP) is 3.65. The predicted molar refractivity (Wildman–Crippen MR) is 119 cm³/mol. The maximum absolute atomic E-state index is 13.5. The molecule has 9 heteroatoms. The summed E-state index contributed by atoms with van der Waals surface area (Å²) in [7, 11) is 0. The Bertz CT molecular complexity index is 1430. The van der Waals surface area contributed by atoms with Gasteiger partial charge in [-0.1, -0.05) is 23.7 Å². The summed E-state index contributed by atoms with van der Waals surface area (Å²) in [4.78, 5) is 39.4. The maximum atomic E-state index is 13.5. The molecular weight excluding hydrogens is 448 g/mol. The second-order valence-corrected chi connectivity index (χ2v) is 7.99. The largest absolute Gasteiger partial charge is 0.484 e. The second kappa shape index (κ2) is 8.14. The summed E-state index contributed by atoms with van der Waals surface area (Å²) in [5.74, 6) is -0.0448. The third-order valence-electron chi connectivity index (χ3n) is 5.41. The molecule has 0 saturated heterocycles. The third kappa shape index (κ3) is 3.74. The lowest BCUT2D eigenvalue weighted by Crippen LogP contribution is -2.29. The molecule has 2 aromatic heterocycles. The number of nitrogens with zero attached hydrogens (tertiary/aromatic N) is 1. The number of furan rings is 1. The van der Waals surface area contributed by atoms with Gasteiger partial charge in [-0.15, -0.1) is 0 Å². The molecule has 1 aliphatic rings. The van der Waals surface area contributed by atoms with E-state index in [2.05, 4.69) is 0 Å². The number of nitrogens with two attached hydrogens (primary N) is 1. The van der Waals surface area contributed by atoms with E-state index in [1.165, 1.54) is 17.2 Å². The van der Waals surface area contributed by atoms with Crippen LogP contribution in [0.1, 0.15) is 33.5 Å². The third-order valence-corrected chi connectivity index (χ3v) is 5.65. The number of carbonyl (C=O) groups excluding carboxylic acids is 2. The van der Waals surface area contributed by atoms with Crippen LogP contribution in [0.25, 0.3) is 11.0 Å². The van der Waals surface area contributed by atoms with Gasteiger partial charge in [0.2, 0.25) is 5.76 Å². The van der Waals surface area contributed by atoms with Crippen molar-refractivity contribution in [2.45, 2.75) is 12.6 Å². The minimum Gasteiger partial charge on any atom is -0.484 e. The van der Waals surface area contributed by atoms with Crippen molar-refractivity contribution in [2.75, 3.05) is 6.61 Å². The number of ether oxygens (including phenoxy) is 1. The van der Waals surface area contributed by atoms with Crippen LogP contribution in [0.3, 0.4) is 0 Å². The van der Waals surface area contributed by atoms with Crippen molar-refractivity contribution < 1.29 is 23.2 Å². The first-order valence-corrected chi connectivity index (χ1v) is 10.4. The zero-order chi connectivity index (χ0) is 23.1. The van der Waals surface area contributed by atoms with E-state index in [0.717, 1.165) is 0 Å². The van der Waals surface area contributed by atoms with Crippen LogP contribution in [0.15, 0.2) is 74.5 Å². The summed E-state index contributed by atoms with van der Waals surface area (Å²) < 4.78 is 16.6. The van der Waals surface area contributed by atoms with E-state index in [1.54, 1.807) is 48.5 Å². The number of halogens is 1. The van der Waals surface area contributed by atoms with Gasteiger partial charge in [0.25, 0.3) is 11.8 Å². The SMILES string of the molecule is NC(=O)COc1ccc(C2c3c(oc4ccc(Cl)cc4c3=O)C(=O)N2Cc2ccco2)cc1. The molecule has 8 nitrogen and oxygen atoms in total. The molecule has 2 amide bonds. The van der Waals surface area contributed by atoms with E-state index in [4.69, 9.17) is 30.9 Å². The number of primary amides is 1. The molecule has 1 atom stereocenters. The normalized spacial score (nSPS) is 15.1. The van der Waals surface area contributed by atoms with Gasteiger partial charge in [0.1, 0.15) is 17.1 Å². The number of carbonyl (C=O) groups is 2. The van der Waals surface area contributed by atoms with Crippen molar-refractivity contribution in [3.05, 3.63) is 98.8 Å². The van der Waals surface area contributed by atoms with Crippen molar-refractivity contribution in [1.82, 2.24) is 4.90 Å². The lowest BCUT2D eigenvalue weighted by atomic mass is 9.98. The number of hydrogen-bond acceptors (Lipinski definition) is 6. The Morgan fingerprint density at radius 2 is 1.91 bits per heavy atom. The van der Waals surface area contributed by atoms with Crippen LogP contribution in [0.5, 0.6) is 5.75 Å². The van der Waals surface area contributed by atoms with Gasteiger partial charge in [-0.05, 0) is 48.0 Å². The molecule has 3 heterocycles. The molecule has 4 aromatic rings. The molecular formula is C24H17ClN2O6. The second-order valence-electron chi connectivity index (χ2n) is 7.55. The van der Waals surface area contributed by atoms with Crippen LogP contribution in [-0.2, 0) is 11.3 Å². The smallest absolute Gasteiger partial charge is 0.291 e. The van der Waals surface area contributed by atoms with Gasteiger partial charge in [-0.2, -0.15) is 0 Å². The van der Waals surface area contributed by atoms with Crippen molar-refractivity contribution in [2.24, 2.45) is 5.73 Å². The van der Waals surface area contributed by atoms with Crippen LogP contribution >= 0.6 is 11.6 Å². The zero-order valence-electron chi connectivity index (χ0n) is 17.1. The highest BCUT2D eigenvalue weighted by atomic mass is 35.5. The Hall–Kier alpha value is -4.04. The Morgan fingerprint density at radius 1 is 1.12 bits per heavy atom. The van der Waals surface area contributed by atoms with Crippen LogP contribution in [-0.4, -0.2) is 23.3 Å². The van der Waals surface area contributed by atoms with E-state index in [-0.39, 0.29) is 35.5 Å². The molecule has 33 heavy (non-hydrogen) atoms. The summed E-state index contributed by atoms with van der Waals surface area (Å²) in [6.45, 7) is -0.123. The first-order valence-electron chi connectivity index (χ1n) is 10.0. The van der Waals surface area contributed by atoms with Crippen molar-refractivity contribution in [1.29, 1.82) is 0 Å². The standard InChI is InChI=1S/C24H17ClN2O6/c25-14-5-8-18-17(10-14)22(29)20-21(13-3-6-15(7-4-13)32-12-19(26)28)27(24(30)23(20)33-18)11-16-2-1-9-31-16/h1-10,21H,11-12H2,(H2,26,28). The Labute approximate surface area is 192 Å². The zero-order valence-corrected chi connectivity index (χ0v) is 17.9. The summed E-state index contributed by atoms with van der Waals surface area (Å²) in [5.41, 5.74) is 5.96. The molecule has 0 spiro atoms. The molecule has 1 aliphatic heterocycles. The maximum Gasteiger partial charge on any atom is 0.291 e. The average Bonchev–Trinajstić information content (AvgIpc) is 3.41. The van der Waals surface area contributed by atoms with Gasteiger partial charge in [-0.3, -0.25) is 14.4 Å². The van der Waals surface area contributed by atoms with Crippen molar-refractivity contribution in [3.63, 3.8) is 0 Å². The summed E-state index contributed by atoms with van der Waals surface area (Å²) >= 11 is 6.10. The Morgan fingerprint density at radius 3 is 2.61 bits per heavy atom. The van der Waals surface area contributed by atoms with Crippen molar-refractivity contribution >= 4 is 34.4 Å². The average molecular weight is 465 g/mol. The minimum absolute atomic E-state index is 0.0135. The van der Waals surface area contributed by atoms with Crippen LogP contribution in [0.4, 0.5) is 0 Å². The Balaban J connectivity index is 1.64. The van der Waals surface area contributed by atoms with Gasteiger partial charge in [0, 0.05) is 5.02 Å². The molecule has 0 saturated carbocycles. The van der Waals surface area contributed by atoms with E-state index in [1.807, 2.05) is 0 Å². The monoisotopic (exact) mass is 464 g/mol. The van der Waals surface area contributed by atoms with Gasteiger partial charge in [-0.25, -0.2) is 0 Å². The van der Waals surface area contributed by atoms with Crippen LogP contribution in [0, 0.1) is 0 Å². The fourth-order valence-electron chi connectivity index (χ4n) is 3.97. The van der Waals surface area contributed by atoms with Crippen LogP contribution in [0.2, 0.25) is 5.02 Å². The molecule has 1 unspecified atom stereocenters. The van der Waals surface area contributed by atoms with E-state index in [0.29, 0.717) is 27.5 Å². The highest BCUT2D eigenvalue weighted by molar-refractivity contribution is 6.31. The number of amides is 2. The molecule has 166 valence electrons. The molecule has 0 fully saturated rings. The number of hydrogen-bond donors (Lipinski definition) is 1. The van der Waals surface area contributed by atoms with Crippen LogP contribution < -0.4 is 15.9 Å². The highest BCUT2D eigenvalue weighted by Crippen LogP contribution is 2.39. The molecule has 0 bridgehead atoms. The quantitative estimate of drug-likeness (QED) is 0.465. The summed E-state index contributed by atoms with van der Waals surface area (Å²) in [5, 5.41) is 0.680. The molecule has 5 rings (SSSR count). The van der Waals surface area contributed by atoms with Gasteiger partial charge < -0.3 is 24.2 Å². The molecule has 2 aromatic carbocycles.